The molecule has 0 aliphatic rings. The van der Waals surface area contributed by atoms with Crippen molar-refractivity contribution in [3.8, 4) is 0 Å². The van der Waals surface area contributed by atoms with Crippen molar-refractivity contribution in [1.82, 2.24) is 16.0 Å². The fraction of sp³-hybridized carbons (Fsp3) is 0.448. The van der Waals surface area contributed by atoms with Gasteiger partial charge in [-0.15, -0.1) is 0 Å². The van der Waals surface area contributed by atoms with E-state index in [1.54, 1.807) is 24.3 Å². The largest absolute Gasteiger partial charge is 0.480 e. The maximum absolute atomic E-state index is 13.3. The van der Waals surface area contributed by atoms with E-state index in [4.69, 9.17) is 5.73 Å². The van der Waals surface area contributed by atoms with E-state index >= 15 is 0 Å². The van der Waals surface area contributed by atoms with Crippen LogP contribution in [-0.2, 0) is 32.0 Å². The molecule has 0 saturated carbocycles. The highest BCUT2D eigenvalue weighted by Crippen LogP contribution is 2.12. The predicted molar refractivity (Wildman–Crippen MR) is 154 cm³/mol. The maximum Gasteiger partial charge on any atom is 0.326 e. The smallest absolute Gasteiger partial charge is 0.326 e. The Morgan fingerprint density at radius 2 is 1.36 bits per heavy atom. The van der Waals surface area contributed by atoms with Crippen LogP contribution >= 0.6 is 11.8 Å². The third kappa shape index (κ3) is 10.7. The molecule has 0 saturated heterocycles. The van der Waals surface area contributed by atoms with Crippen LogP contribution in [0.15, 0.2) is 60.7 Å². The van der Waals surface area contributed by atoms with Gasteiger partial charge in [-0.1, -0.05) is 80.9 Å². The number of carboxylic acids is 1. The number of carbonyl (C=O) groups is 4. The van der Waals surface area contributed by atoms with Gasteiger partial charge in [0.2, 0.25) is 17.7 Å². The van der Waals surface area contributed by atoms with E-state index in [0.717, 1.165) is 11.1 Å². The van der Waals surface area contributed by atoms with Crippen molar-refractivity contribution in [2.45, 2.75) is 63.7 Å². The molecule has 3 amide bonds. The summed E-state index contributed by atoms with van der Waals surface area (Å²) in [6, 6.07) is 14.5. The van der Waals surface area contributed by atoms with E-state index in [2.05, 4.69) is 16.0 Å². The molecule has 2 aromatic carbocycles. The summed E-state index contributed by atoms with van der Waals surface area (Å²) in [5.74, 6) is -2.41. The minimum absolute atomic E-state index is 0.106. The normalized spacial score (nSPS) is 14.8. The third-order valence-electron chi connectivity index (χ3n) is 6.57. The molecule has 9 nitrogen and oxygen atoms in total. The molecular formula is C29H40N4O5S. The molecule has 0 aliphatic carbocycles. The highest BCUT2D eigenvalue weighted by molar-refractivity contribution is 7.98. The number of hydrogen-bond acceptors (Lipinski definition) is 6. The lowest BCUT2D eigenvalue weighted by molar-refractivity contribution is -0.142. The van der Waals surface area contributed by atoms with Crippen molar-refractivity contribution in [3.63, 3.8) is 0 Å². The minimum Gasteiger partial charge on any atom is -0.480 e. The first-order chi connectivity index (χ1) is 18.7. The van der Waals surface area contributed by atoms with Gasteiger partial charge in [0.25, 0.3) is 0 Å². The number of hydrogen-bond donors (Lipinski definition) is 5. The number of carbonyl (C=O) groups excluding carboxylic acids is 3. The average molecular weight is 557 g/mol. The Labute approximate surface area is 234 Å². The Hall–Kier alpha value is -3.37. The SMILES string of the molecule is CCC(C)C(NC(=O)C(CCSC)NC(=O)C(N)Cc1ccccc1)C(=O)NC(Cc1ccccc1)C(=O)O. The number of nitrogens with one attached hydrogen (secondary N) is 3. The fourth-order valence-corrected chi connectivity index (χ4v) is 4.48. The minimum atomic E-state index is -1.17. The molecule has 0 heterocycles. The molecule has 39 heavy (non-hydrogen) atoms. The first kappa shape index (κ1) is 31.8. The molecule has 5 unspecified atom stereocenters. The topological polar surface area (TPSA) is 151 Å². The molecule has 0 aromatic heterocycles. The molecule has 0 spiro atoms. The lowest BCUT2D eigenvalue weighted by atomic mass is 9.96. The van der Waals surface area contributed by atoms with Gasteiger partial charge in [0, 0.05) is 6.42 Å². The van der Waals surface area contributed by atoms with Crippen molar-refractivity contribution in [1.29, 1.82) is 0 Å². The molecule has 6 N–H and O–H groups in total. The molecule has 0 radical (unpaired) electrons. The summed E-state index contributed by atoms with van der Waals surface area (Å²) in [5, 5.41) is 17.8. The zero-order valence-electron chi connectivity index (χ0n) is 22.8. The van der Waals surface area contributed by atoms with Crippen LogP contribution in [0.5, 0.6) is 0 Å². The van der Waals surface area contributed by atoms with Gasteiger partial charge in [0.05, 0.1) is 6.04 Å². The van der Waals surface area contributed by atoms with Crippen molar-refractivity contribution in [2.75, 3.05) is 12.0 Å². The quantitative estimate of drug-likeness (QED) is 0.213. The molecule has 5 atom stereocenters. The van der Waals surface area contributed by atoms with Crippen LogP contribution < -0.4 is 21.7 Å². The van der Waals surface area contributed by atoms with Gasteiger partial charge in [-0.3, -0.25) is 14.4 Å². The van der Waals surface area contributed by atoms with E-state index in [1.165, 1.54) is 11.8 Å². The van der Waals surface area contributed by atoms with Crippen molar-refractivity contribution in [3.05, 3.63) is 71.8 Å². The zero-order valence-corrected chi connectivity index (χ0v) is 23.6. The number of benzene rings is 2. The van der Waals surface area contributed by atoms with E-state index < -0.39 is 47.9 Å². The first-order valence-corrected chi connectivity index (χ1v) is 14.5. The highest BCUT2D eigenvalue weighted by Gasteiger charge is 2.32. The molecule has 0 aliphatic heterocycles. The second kappa shape index (κ2) is 16.6. The van der Waals surface area contributed by atoms with Crippen LogP contribution in [0.25, 0.3) is 0 Å². The van der Waals surface area contributed by atoms with Crippen LogP contribution in [0.2, 0.25) is 0 Å². The molecule has 212 valence electrons. The average Bonchev–Trinajstić information content (AvgIpc) is 2.93. The second-order valence-electron chi connectivity index (χ2n) is 9.60. The number of nitrogens with two attached hydrogens (primary N) is 1. The van der Waals surface area contributed by atoms with E-state index in [0.29, 0.717) is 25.0 Å². The van der Waals surface area contributed by atoms with Gasteiger partial charge in [-0.25, -0.2) is 4.79 Å². The Bertz CT molecular complexity index is 1070. The summed E-state index contributed by atoms with van der Waals surface area (Å²) < 4.78 is 0. The second-order valence-corrected chi connectivity index (χ2v) is 10.6. The van der Waals surface area contributed by atoms with Crippen LogP contribution in [0.4, 0.5) is 0 Å². The van der Waals surface area contributed by atoms with Gasteiger partial charge in [-0.05, 0) is 41.9 Å². The molecule has 2 aromatic rings. The molecule has 0 fully saturated rings. The van der Waals surface area contributed by atoms with Crippen LogP contribution in [0.1, 0.15) is 37.8 Å². The van der Waals surface area contributed by atoms with Gasteiger partial charge < -0.3 is 26.8 Å². The fourth-order valence-electron chi connectivity index (χ4n) is 4.01. The number of amides is 3. The Balaban J connectivity index is 2.12. The van der Waals surface area contributed by atoms with Gasteiger partial charge in [0.15, 0.2) is 0 Å². The number of thioether (sulfide) groups is 1. The van der Waals surface area contributed by atoms with E-state index in [9.17, 15) is 24.3 Å². The van der Waals surface area contributed by atoms with Crippen molar-refractivity contribution < 1.29 is 24.3 Å². The molecule has 10 heteroatoms. The Morgan fingerprint density at radius 3 is 1.87 bits per heavy atom. The molecule has 2 rings (SSSR count). The summed E-state index contributed by atoms with van der Waals surface area (Å²) >= 11 is 1.53. The predicted octanol–water partition coefficient (Wildman–Crippen LogP) is 2.14. The number of aliphatic carboxylic acids is 1. The van der Waals surface area contributed by atoms with Gasteiger partial charge in [-0.2, -0.15) is 11.8 Å². The maximum atomic E-state index is 13.3. The zero-order chi connectivity index (χ0) is 28.8. The Morgan fingerprint density at radius 1 is 0.821 bits per heavy atom. The third-order valence-corrected chi connectivity index (χ3v) is 7.21. The van der Waals surface area contributed by atoms with Crippen LogP contribution in [0.3, 0.4) is 0 Å². The lowest BCUT2D eigenvalue weighted by Crippen LogP contribution is -2.59. The highest BCUT2D eigenvalue weighted by atomic mass is 32.2. The van der Waals surface area contributed by atoms with Crippen molar-refractivity contribution in [2.24, 2.45) is 11.7 Å². The summed E-state index contributed by atoms with van der Waals surface area (Å²) in [6.07, 6.45) is 3.23. The lowest BCUT2D eigenvalue weighted by Gasteiger charge is -2.28. The Kier molecular flexibility index (Phi) is 13.5. The van der Waals surface area contributed by atoms with E-state index in [1.807, 2.05) is 56.5 Å². The van der Waals surface area contributed by atoms with Gasteiger partial charge >= 0.3 is 5.97 Å². The number of rotatable bonds is 16. The monoisotopic (exact) mass is 556 g/mol. The summed E-state index contributed by atoms with van der Waals surface area (Å²) in [4.78, 5) is 51.4. The van der Waals surface area contributed by atoms with Gasteiger partial charge in [0.1, 0.15) is 18.1 Å². The number of carboxylic acid groups (broad SMARTS) is 1. The van der Waals surface area contributed by atoms with Crippen LogP contribution in [0, 0.1) is 5.92 Å². The molecule has 0 bridgehead atoms. The standard InChI is InChI=1S/C29H40N4O5S/c1-4-19(2)25(28(36)32-24(29(37)38)18-21-13-9-6-10-14-21)33-27(35)23(15-16-39-3)31-26(34)22(30)17-20-11-7-5-8-12-20/h5-14,19,22-25H,4,15-18,30H2,1-3H3,(H,31,34)(H,32,36)(H,33,35)(H,37,38). The summed E-state index contributed by atoms with van der Waals surface area (Å²) in [5.41, 5.74) is 7.79. The van der Waals surface area contributed by atoms with E-state index in [-0.39, 0.29) is 12.3 Å². The van der Waals surface area contributed by atoms with Crippen molar-refractivity contribution >= 4 is 35.5 Å². The molecular weight excluding hydrogens is 516 g/mol. The summed E-state index contributed by atoms with van der Waals surface area (Å²) in [6.45, 7) is 3.69. The first-order valence-electron chi connectivity index (χ1n) is 13.1. The summed E-state index contributed by atoms with van der Waals surface area (Å²) in [7, 11) is 0. The van der Waals surface area contributed by atoms with Crippen LogP contribution in [-0.4, -0.2) is 65.0 Å².